The van der Waals surface area contributed by atoms with Crippen molar-refractivity contribution in [3.63, 3.8) is 0 Å². The number of ketones is 1. The summed E-state index contributed by atoms with van der Waals surface area (Å²) >= 11 is 0. The molecule has 4 rings (SSSR count). The van der Waals surface area contributed by atoms with Gasteiger partial charge in [-0.15, -0.1) is 0 Å². The fourth-order valence-corrected chi connectivity index (χ4v) is 4.63. The molecule has 33 heavy (non-hydrogen) atoms. The second-order valence-corrected chi connectivity index (χ2v) is 8.31. The Hall–Kier alpha value is -4.00. The molecule has 0 fully saturated rings. The number of rotatable bonds is 6. The number of nitrogens with zero attached hydrogens (tertiary/aromatic N) is 2. The normalized spacial score (nSPS) is 15.4. The topological polar surface area (TPSA) is 96.7 Å². The van der Waals surface area contributed by atoms with Crippen LogP contribution in [-0.2, 0) is 4.79 Å². The second-order valence-electron chi connectivity index (χ2n) is 8.31. The highest BCUT2D eigenvalue weighted by Gasteiger charge is 2.39. The first-order chi connectivity index (χ1) is 15.8. The summed E-state index contributed by atoms with van der Waals surface area (Å²) in [7, 11) is 0. The van der Waals surface area contributed by atoms with Crippen LogP contribution in [0.25, 0.3) is 0 Å². The smallest absolute Gasteiger partial charge is 0.341 e. The molecule has 1 amide bonds. The number of aromatic nitrogens is 1. The van der Waals surface area contributed by atoms with Gasteiger partial charge in [-0.1, -0.05) is 60.7 Å². The Kier molecular flexibility index (Phi) is 5.96. The van der Waals surface area contributed by atoms with E-state index >= 15 is 0 Å². The summed E-state index contributed by atoms with van der Waals surface area (Å²) in [6.07, 6.45) is 1.28. The first kappa shape index (κ1) is 22.2. The number of carboxylic acids is 1. The molecule has 0 saturated heterocycles. The van der Waals surface area contributed by atoms with Crippen LogP contribution in [0.4, 0.5) is 0 Å². The van der Waals surface area contributed by atoms with E-state index in [9.17, 15) is 24.3 Å². The van der Waals surface area contributed by atoms with Gasteiger partial charge in [0.25, 0.3) is 5.91 Å². The van der Waals surface area contributed by atoms with E-state index in [2.05, 4.69) is 0 Å². The number of benzene rings is 2. The molecule has 2 heterocycles. The van der Waals surface area contributed by atoms with Crippen molar-refractivity contribution in [1.29, 1.82) is 0 Å². The average molecular weight is 444 g/mol. The van der Waals surface area contributed by atoms with E-state index in [4.69, 9.17) is 0 Å². The molecule has 0 unspecified atom stereocenters. The maximum atomic E-state index is 13.3. The minimum atomic E-state index is -1.34. The SMILES string of the molecule is CC(=O)CN1C[C@H](C(c2ccccc2)c2ccccc2)n2cc(C(=O)O)c(=O)c(C)c2C1=O. The molecular weight excluding hydrogens is 420 g/mol. The van der Waals surface area contributed by atoms with Crippen molar-refractivity contribution < 1.29 is 19.5 Å². The third-order valence-electron chi connectivity index (χ3n) is 6.07. The Balaban J connectivity index is 2.00. The van der Waals surface area contributed by atoms with Crippen molar-refractivity contribution in [1.82, 2.24) is 9.47 Å². The minimum Gasteiger partial charge on any atom is -0.477 e. The number of hydrogen-bond acceptors (Lipinski definition) is 4. The van der Waals surface area contributed by atoms with Crippen LogP contribution in [0.5, 0.6) is 0 Å². The molecule has 2 aromatic carbocycles. The molecule has 0 aliphatic carbocycles. The summed E-state index contributed by atoms with van der Waals surface area (Å²) in [5, 5.41) is 9.63. The number of aromatic carboxylic acids is 1. The van der Waals surface area contributed by atoms with Gasteiger partial charge < -0.3 is 14.6 Å². The molecule has 0 bridgehead atoms. The Morgan fingerprint density at radius 3 is 2.03 bits per heavy atom. The molecule has 0 spiro atoms. The monoisotopic (exact) mass is 444 g/mol. The number of fused-ring (bicyclic) bond motifs is 1. The molecule has 7 nitrogen and oxygen atoms in total. The molecule has 1 atom stereocenters. The largest absolute Gasteiger partial charge is 0.477 e. The van der Waals surface area contributed by atoms with Crippen LogP contribution in [0.3, 0.4) is 0 Å². The Labute approximate surface area is 190 Å². The van der Waals surface area contributed by atoms with Gasteiger partial charge in [-0.05, 0) is 25.0 Å². The highest BCUT2D eigenvalue weighted by atomic mass is 16.4. The van der Waals surface area contributed by atoms with E-state index in [1.807, 2.05) is 60.7 Å². The predicted octanol–water partition coefficient (Wildman–Crippen LogP) is 3.27. The van der Waals surface area contributed by atoms with Crippen LogP contribution >= 0.6 is 0 Å². The number of pyridine rings is 1. The fraction of sp³-hybridized carbons (Fsp3) is 0.231. The van der Waals surface area contributed by atoms with Crippen molar-refractivity contribution in [2.24, 2.45) is 0 Å². The van der Waals surface area contributed by atoms with Crippen molar-refractivity contribution in [3.05, 3.63) is 105 Å². The van der Waals surface area contributed by atoms with Gasteiger partial charge in [0.1, 0.15) is 17.0 Å². The number of Topliss-reactive ketones (excluding diaryl/α,β-unsaturated/α-hetero) is 1. The summed E-state index contributed by atoms with van der Waals surface area (Å²) < 4.78 is 1.63. The first-order valence-electron chi connectivity index (χ1n) is 10.7. The van der Waals surface area contributed by atoms with Crippen LogP contribution < -0.4 is 5.43 Å². The van der Waals surface area contributed by atoms with Gasteiger partial charge in [-0.25, -0.2) is 4.79 Å². The zero-order valence-electron chi connectivity index (χ0n) is 18.4. The van der Waals surface area contributed by atoms with Gasteiger partial charge in [0.05, 0.1) is 12.6 Å². The predicted molar refractivity (Wildman–Crippen MR) is 123 cm³/mol. The standard InChI is InChI=1S/C26H24N2O5/c1-16(29)13-27-15-21(22(18-9-5-3-6-10-18)19-11-7-4-8-12-19)28-14-20(26(32)33)24(30)17(2)23(28)25(27)31/h3-12,14,21-22H,13,15H2,1-2H3,(H,32,33)/t21-/m1/s1. The van der Waals surface area contributed by atoms with Gasteiger partial charge in [-0.2, -0.15) is 0 Å². The number of hydrogen-bond donors (Lipinski definition) is 1. The van der Waals surface area contributed by atoms with Gasteiger partial charge in [0.2, 0.25) is 0 Å². The lowest BCUT2D eigenvalue weighted by atomic mass is 9.83. The lowest BCUT2D eigenvalue weighted by Gasteiger charge is -2.40. The van der Waals surface area contributed by atoms with Crippen molar-refractivity contribution in [3.8, 4) is 0 Å². The first-order valence-corrected chi connectivity index (χ1v) is 10.7. The highest BCUT2D eigenvalue weighted by molar-refractivity contribution is 5.98. The highest BCUT2D eigenvalue weighted by Crippen LogP contribution is 2.39. The van der Waals surface area contributed by atoms with Crippen LogP contribution in [-0.4, -0.2) is 45.3 Å². The Morgan fingerprint density at radius 1 is 1.00 bits per heavy atom. The molecule has 1 aliphatic rings. The zero-order chi connectivity index (χ0) is 23.7. The third-order valence-corrected chi connectivity index (χ3v) is 6.07. The number of carbonyl (C=O) groups is 3. The summed E-state index contributed by atoms with van der Waals surface area (Å²) in [5.74, 6) is -2.22. The molecule has 0 saturated carbocycles. The summed E-state index contributed by atoms with van der Waals surface area (Å²) in [6, 6.07) is 19.0. The number of amides is 1. The van der Waals surface area contributed by atoms with E-state index in [0.717, 1.165) is 11.1 Å². The Morgan fingerprint density at radius 2 is 1.55 bits per heavy atom. The van der Waals surface area contributed by atoms with E-state index < -0.39 is 23.3 Å². The van der Waals surface area contributed by atoms with Gasteiger partial charge in [-0.3, -0.25) is 14.4 Å². The van der Waals surface area contributed by atoms with E-state index in [-0.39, 0.29) is 41.6 Å². The molecule has 3 aromatic rings. The lowest BCUT2D eigenvalue weighted by molar-refractivity contribution is -0.117. The molecular formula is C26H24N2O5. The van der Waals surface area contributed by atoms with Crippen LogP contribution in [0.2, 0.25) is 0 Å². The minimum absolute atomic E-state index is 0.0676. The Bertz CT molecular complexity index is 1240. The fourth-order valence-electron chi connectivity index (χ4n) is 4.63. The molecule has 1 aliphatic heterocycles. The maximum Gasteiger partial charge on any atom is 0.341 e. The second kappa shape index (κ2) is 8.86. The zero-order valence-corrected chi connectivity index (χ0v) is 18.4. The molecule has 1 N–H and O–H groups in total. The van der Waals surface area contributed by atoms with Crippen LogP contribution in [0.1, 0.15) is 56.4 Å². The number of carboxylic acid groups (broad SMARTS) is 1. The average Bonchev–Trinajstić information content (AvgIpc) is 2.79. The maximum absolute atomic E-state index is 13.3. The van der Waals surface area contributed by atoms with E-state index in [1.165, 1.54) is 24.9 Å². The van der Waals surface area contributed by atoms with E-state index in [1.54, 1.807) is 4.57 Å². The van der Waals surface area contributed by atoms with Gasteiger partial charge >= 0.3 is 5.97 Å². The summed E-state index contributed by atoms with van der Waals surface area (Å²) in [6.45, 7) is 2.99. The van der Waals surface area contributed by atoms with E-state index in [0.29, 0.717) is 0 Å². The quantitative estimate of drug-likeness (QED) is 0.629. The summed E-state index contributed by atoms with van der Waals surface area (Å²) in [5.41, 5.74) is 1.07. The molecule has 7 heteroatoms. The van der Waals surface area contributed by atoms with Gasteiger partial charge in [0, 0.05) is 24.2 Å². The molecule has 1 aromatic heterocycles. The van der Waals surface area contributed by atoms with Crippen LogP contribution in [0, 0.1) is 6.92 Å². The lowest BCUT2D eigenvalue weighted by Crippen LogP contribution is -2.48. The van der Waals surface area contributed by atoms with Crippen molar-refractivity contribution in [2.75, 3.05) is 13.1 Å². The van der Waals surface area contributed by atoms with Crippen LogP contribution in [0.15, 0.2) is 71.7 Å². The molecule has 0 radical (unpaired) electrons. The number of carbonyl (C=O) groups excluding carboxylic acids is 2. The molecule has 168 valence electrons. The third kappa shape index (κ3) is 4.09. The summed E-state index contributed by atoms with van der Waals surface area (Å²) in [4.78, 5) is 51.3. The van der Waals surface area contributed by atoms with Crippen molar-refractivity contribution >= 4 is 17.7 Å². The van der Waals surface area contributed by atoms with Gasteiger partial charge in [0.15, 0.2) is 5.43 Å². The van der Waals surface area contributed by atoms with Crippen molar-refractivity contribution in [2.45, 2.75) is 25.8 Å².